The molecule has 0 aromatic carbocycles. The van der Waals surface area contributed by atoms with Gasteiger partial charge in [-0.15, -0.1) is 0 Å². The summed E-state index contributed by atoms with van der Waals surface area (Å²) in [5.41, 5.74) is -1.04. The van der Waals surface area contributed by atoms with Gasteiger partial charge in [-0.2, -0.15) is 8.42 Å². The zero-order valence-electron chi connectivity index (χ0n) is 18.9. The summed E-state index contributed by atoms with van der Waals surface area (Å²) in [7, 11) is -6.76. The highest BCUT2D eigenvalue weighted by atomic mass is 32.2. The van der Waals surface area contributed by atoms with Gasteiger partial charge >= 0.3 is 10.1 Å². The summed E-state index contributed by atoms with van der Waals surface area (Å²) in [6.07, 6.45) is 9.72. The molecule has 0 spiro atoms. The minimum absolute atomic E-state index is 0.139. The number of carbonyl (C=O) groups excluding carboxylic acids is 1. The molecule has 28 heavy (non-hydrogen) atoms. The van der Waals surface area contributed by atoms with E-state index < -0.39 is 32.7 Å². The topological polar surface area (TPSA) is 71.4 Å². The van der Waals surface area contributed by atoms with Gasteiger partial charge in [0, 0.05) is 18.6 Å². The monoisotopic (exact) mass is 433 g/mol. The van der Waals surface area contributed by atoms with Crippen molar-refractivity contribution < 1.29 is 17.8 Å². The van der Waals surface area contributed by atoms with Crippen LogP contribution in [0.3, 0.4) is 0 Å². The molecule has 2 fully saturated rings. The molecule has 3 unspecified atom stereocenters. The van der Waals surface area contributed by atoms with Crippen LogP contribution in [0.4, 0.5) is 0 Å². The van der Waals surface area contributed by atoms with E-state index in [0.29, 0.717) is 0 Å². The van der Waals surface area contributed by atoms with Gasteiger partial charge in [0.2, 0.25) is 5.78 Å². The average molecular weight is 434 g/mol. The van der Waals surface area contributed by atoms with Crippen molar-refractivity contribution in [1.29, 1.82) is 0 Å². The maximum absolute atomic E-state index is 14.1. The summed E-state index contributed by atoms with van der Waals surface area (Å²) in [6.45, 7) is 12.5. The molecule has 2 aliphatic rings. The lowest BCUT2D eigenvalue weighted by Gasteiger charge is -2.45. The Morgan fingerprint density at radius 1 is 0.964 bits per heavy atom. The first-order valence-electron chi connectivity index (χ1n) is 11.3. The zero-order valence-corrected chi connectivity index (χ0v) is 20.6. The lowest BCUT2D eigenvalue weighted by atomic mass is 9.70. The fraction of sp³-hybridized carbons (Fsp3) is 0.955. The van der Waals surface area contributed by atoms with E-state index >= 15 is 0 Å². The highest BCUT2D eigenvalue weighted by Gasteiger charge is 2.86. The predicted molar refractivity (Wildman–Crippen MR) is 120 cm³/mol. The molecule has 0 amide bonds. The number of hydrogen-bond donors (Lipinski definition) is 1. The molecular formula is C22H42O4PS+. The summed E-state index contributed by atoms with van der Waals surface area (Å²) in [5, 5.41) is 0. The van der Waals surface area contributed by atoms with Crippen LogP contribution >= 0.6 is 7.26 Å². The summed E-state index contributed by atoms with van der Waals surface area (Å²) < 4.78 is 35.9. The molecule has 0 aromatic heterocycles. The smallest absolute Gasteiger partial charge is 0.293 e. The Hall–Kier alpha value is 0.0100. The number of rotatable bonds is 11. The van der Waals surface area contributed by atoms with Crippen molar-refractivity contribution in [3.05, 3.63) is 0 Å². The van der Waals surface area contributed by atoms with Crippen LogP contribution in [-0.2, 0) is 14.9 Å². The van der Waals surface area contributed by atoms with Gasteiger partial charge in [-0.05, 0) is 37.5 Å². The van der Waals surface area contributed by atoms with Gasteiger partial charge in [0.25, 0.3) is 4.49 Å². The molecule has 1 N–H and O–H groups in total. The lowest BCUT2D eigenvalue weighted by molar-refractivity contribution is -0.128. The fourth-order valence-corrected chi connectivity index (χ4v) is 16.7. The van der Waals surface area contributed by atoms with Crippen LogP contribution in [0.25, 0.3) is 0 Å². The number of carbonyl (C=O) groups is 1. The van der Waals surface area contributed by atoms with Crippen LogP contribution in [0.15, 0.2) is 0 Å². The maximum Gasteiger partial charge on any atom is 0.313 e. The van der Waals surface area contributed by atoms with E-state index in [-0.39, 0.29) is 11.7 Å². The molecular weight excluding hydrogens is 391 g/mol. The Morgan fingerprint density at radius 3 is 1.68 bits per heavy atom. The van der Waals surface area contributed by atoms with E-state index in [1.165, 1.54) is 0 Å². The molecule has 0 aliphatic heterocycles. The van der Waals surface area contributed by atoms with Crippen molar-refractivity contribution in [3.63, 3.8) is 0 Å². The van der Waals surface area contributed by atoms with E-state index in [0.717, 1.165) is 69.9 Å². The van der Waals surface area contributed by atoms with Crippen molar-refractivity contribution in [2.75, 3.05) is 18.5 Å². The Bertz CT molecular complexity index is 665. The number of unbranched alkanes of at least 4 members (excludes halogenated alkanes) is 3. The largest absolute Gasteiger partial charge is 0.313 e. The molecule has 3 atom stereocenters. The molecule has 4 nitrogen and oxygen atoms in total. The predicted octanol–water partition coefficient (Wildman–Crippen LogP) is 6.01. The number of fused-ring (bicyclic) bond motifs is 2. The minimum atomic E-state index is -4.50. The first kappa shape index (κ1) is 24.3. The summed E-state index contributed by atoms with van der Waals surface area (Å²) in [5.74, 6) is -0.396. The molecule has 2 saturated carbocycles. The summed E-state index contributed by atoms with van der Waals surface area (Å²) in [4.78, 5) is 14.1. The Morgan fingerprint density at radius 2 is 1.39 bits per heavy atom. The average Bonchev–Trinajstić information content (AvgIpc) is 2.92. The molecule has 0 heterocycles. The number of ketones is 1. The van der Waals surface area contributed by atoms with Crippen LogP contribution < -0.4 is 0 Å². The van der Waals surface area contributed by atoms with Crippen molar-refractivity contribution in [2.24, 2.45) is 16.7 Å². The van der Waals surface area contributed by atoms with E-state index in [1.54, 1.807) is 0 Å². The Balaban J connectivity index is 2.81. The summed E-state index contributed by atoms with van der Waals surface area (Å²) >= 11 is 0. The number of Topliss-reactive ketones (excluding diaryl/α,β-unsaturated/α-hetero) is 1. The van der Waals surface area contributed by atoms with Gasteiger partial charge in [-0.1, -0.05) is 60.8 Å². The first-order valence-corrected chi connectivity index (χ1v) is 15.1. The van der Waals surface area contributed by atoms with Crippen LogP contribution in [-0.4, -0.2) is 41.7 Å². The third-order valence-electron chi connectivity index (χ3n) is 8.44. The molecule has 164 valence electrons. The first-order chi connectivity index (χ1) is 12.9. The van der Waals surface area contributed by atoms with Gasteiger partial charge in [0.05, 0.1) is 18.5 Å². The lowest BCUT2D eigenvalue weighted by Crippen LogP contribution is -2.55. The standard InChI is InChI=1S/C22H41O4PS/c1-7-10-15-27(16-11-8-2,17-12-9-3)22(28(24,25)26)18-13-14-21(6,19(22)23)20(18,4)5/h18H,7-17H2,1-6H3/p+1. The van der Waals surface area contributed by atoms with Crippen LogP contribution in [0.1, 0.15) is 92.9 Å². The molecule has 2 bridgehead atoms. The van der Waals surface area contributed by atoms with Gasteiger partial charge < -0.3 is 0 Å². The second kappa shape index (κ2) is 8.27. The van der Waals surface area contributed by atoms with Gasteiger partial charge in [0.15, 0.2) is 0 Å². The fourth-order valence-electron chi connectivity index (χ4n) is 6.45. The second-order valence-electron chi connectivity index (χ2n) is 10.0. The molecule has 2 aliphatic carbocycles. The van der Waals surface area contributed by atoms with Crippen LogP contribution in [0, 0.1) is 16.7 Å². The SMILES string of the molecule is CCCC[P+](CCCC)(CCCC)C1(S(=O)(=O)O)C(=O)C2(C)CCC1C2(C)C. The van der Waals surface area contributed by atoms with Crippen molar-refractivity contribution in [3.8, 4) is 0 Å². The summed E-state index contributed by atoms with van der Waals surface area (Å²) in [6, 6.07) is 0. The van der Waals surface area contributed by atoms with E-state index in [4.69, 9.17) is 0 Å². The maximum atomic E-state index is 14.1. The molecule has 6 heteroatoms. The van der Waals surface area contributed by atoms with Crippen LogP contribution in [0.5, 0.6) is 0 Å². The van der Waals surface area contributed by atoms with E-state index in [2.05, 4.69) is 34.6 Å². The second-order valence-corrected chi connectivity index (χ2v) is 16.3. The molecule has 2 rings (SSSR count). The van der Waals surface area contributed by atoms with E-state index in [1.807, 2.05) is 6.92 Å². The van der Waals surface area contributed by atoms with Crippen LogP contribution in [0.2, 0.25) is 0 Å². The van der Waals surface area contributed by atoms with Gasteiger partial charge in [-0.3, -0.25) is 9.35 Å². The highest BCUT2D eigenvalue weighted by Crippen LogP contribution is 2.84. The van der Waals surface area contributed by atoms with E-state index in [9.17, 15) is 17.8 Å². The van der Waals surface area contributed by atoms with Crippen molar-refractivity contribution in [2.45, 2.75) is 97.4 Å². The minimum Gasteiger partial charge on any atom is -0.293 e. The van der Waals surface area contributed by atoms with Crippen molar-refractivity contribution >= 4 is 23.2 Å². The Kier molecular flexibility index (Phi) is 7.17. The normalized spacial score (nSPS) is 32.2. The molecule has 0 radical (unpaired) electrons. The quantitative estimate of drug-likeness (QED) is 0.320. The Labute approximate surface area is 173 Å². The number of hydrogen-bond acceptors (Lipinski definition) is 3. The molecule has 0 aromatic rings. The van der Waals surface area contributed by atoms with Crippen molar-refractivity contribution in [1.82, 2.24) is 0 Å². The van der Waals surface area contributed by atoms with Gasteiger partial charge in [0.1, 0.15) is 0 Å². The third kappa shape index (κ3) is 3.14. The zero-order chi connectivity index (χ0) is 21.4. The van der Waals surface area contributed by atoms with Gasteiger partial charge in [-0.25, -0.2) is 0 Å². The third-order valence-corrected chi connectivity index (χ3v) is 17.0. The molecule has 0 saturated heterocycles. The highest BCUT2D eigenvalue weighted by molar-refractivity contribution is 8.01.